The zero-order valence-electron chi connectivity index (χ0n) is 10.8. The summed E-state index contributed by atoms with van der Waals surface area (Å²) in [6.07, 6.45) is 4.64. The molecule has 0 amide bonds. The largest absolute Gasteiger partial charge is 0.349 e. The summed E-state index contributed by atoms with van der Waals surface area (Å²) >= 11 is 0. The molecule has 2 aromatic rings. The van der Waals surface area contributed by atoms with Gasteiger partial charge in [-0.3, -0.25) is 0 Å². The van der Waals surface area contributed by atoms with E-state index in [2.05, 4.69) is 15.3 Å². The van der Waals surface area contributed by atoms with Crippen LogP contribution in [0.2, 0.25) is 0 Å². The van der Waals surface area contributed by atoms with E-state index in [0.717, 1.165) is 6.42 Å². The van der Waals surface area contributed by atoms with Crippen LogP contribution in [0.1, 0.15) is 30.8 Å². The van der Waals surface area contributed by atoms with Crippen molar-refractivity contribution in [3.8, 4) is 0 Å². The van der Waals surface area contributed by atoms with Crippen molar-refractivity contribution in [1.29, 1.82) is 0 Å². The lowest BCUT2D eigenvalue weighted by Crippen LogP contribution is -2.26. The molecule has 1 aromatic carbocycles. The number of nitrogens with one attached hydrogen (secondary N) is 2. The Morgan fingerprint density at radius 1 is 1.32 bits per heavy atom. The van der Waals surface area contributed by atoms with Gasteiger partial charge in [0, 0.05) is 30.4 Å². The predicted octanol–water partition coefficient (Wildman–Crippen LogP) is 2.97. The molecule has 0 saturated carbocycles. The number of imidazole rings is 1. The van der Waals surface area contributed by atoms with Crippen LogP contribution in [0.5, 0.6) is 0 Å². The zero-order chi connectivity index (χ0) is 13.7. The Labute approximate surface area is 111 Å². The van der Waals surface area contributed by atoms with Gasteiger partial charge in [0.15, 0.2) is 0 Å². The first-order valence-corrected chi connectivity index (χ1v) is 6.38. The van der Waals surface area contributed by atoms with Crippen LogP contribution in [-0.4, -0.2) is 16.5 Å². The average Bonchev–Trinajstić information content (AvgIpc) is 2.88. The molecule has 102 valence electrons. The maximum atomic E-state index is 13.8. The monoisotopic (exact) mass is 265 g/mol. The number of nitrogens with zero attached hydrogens (tertiary/aromatic N) is 1. The number of aromatic amines is 1. The standard InChI is InChI=1S/C14H17F2N3/c1-2-6-17-12(9-13-18-7-8-19-13)14-10(15)4-3-5-11(14)16/h3-5,7-8,12,17H,2,6,9H2,1H3,(H,18,19). The van der Waals surface area contributed by atoms with E-state index in [4.69, 9.17) is 0 Å². The van der Waals surface area contributed by atoms with Crippen molar-refractivity contribution in [2.75, 3.05) is 6.54 Å². The molecule has 1 atom stereocenters. The maximum Gasteiger partial charge on any atom is 0.130 e. The average molecular weight is 265 g/mol. The van der Waals surface area contributed by atoms with Gasteiger partial charge in [0.1, 0.15) is 17.5 Å². The van der Waals surface area contributed by atoms with Crippen LogP contribution in [-0.2, 0) is 6.42 Å². The third-order valence-corrected chi connectivity index (χ3v) is 2.94. The van der Waals surface area contributed by atoms with Crippen LogP contribution >= 0.6 is 0 Å². The summed E-state index contributed by atoms with van der Waals surface area (Å²) in [7, 11) is 0. The van der Waals surface area contributed by atoms with Gasteiger partial charge >= 0.3 is 0 Å². The fourth-order valence-electron chi connectivity index (χ4n) is 2.04. The number of rotatable bonds is 6. The van der Waals surface area contributed by atoms with E-state index in [0.29, 0.717) is 18.8 Å². The van der Waals surface area contributed by atoms with E-state index < -0.39 is 17.7 Å². The van der Waals surface area contributed by atoms with Crippen molar-refractivity contribution in [2.24, 2.45) is 0 Å². The molecule has 0 radical (unpaired) electrons. The van der Waals surface area contributed by atoms with Crippen molar-refractivity contribution in [2.45, 2.75) is 25.8 Å². The van der Waals surface area contributed by atoms with E-state index in [-0.39, 0.29) is 5.56 Å². The Morgan fingerprint density at radius 2 is 2.05 bits per heavy atom. The first-order valence-electron chi connectivity index (χ1n) is 6.38. The van der Waals surface area contributed by atoms with E-state index in [1.807, 2.05) is 6.92 Å². The summed E-state index contributed by atoms with van der Waals surface area (Å²) in [6.45, 7) is 2.70. The lowest BCUT2D eigenvalue weighted by Gasteiger charge is -2.19. The van der Waals surface area contributed by atoms with Crippen molar-refractivity contribution in [3.63, 3.8) is 0 Å². The van der Waals surface area contributed by atoms with E-state index >= 15 is 0 Å². The molecule has 5 heteroatoms. The highest BCUT2D eigenvalue weighted by Gasteiger charge is 2.20. The minimum absolute atomic E-state index is 0.0763. The van der Waals surface area contributed by atoms with E-state index in [1.54, 1.807) is 12.4 Å². The predicted molar refractivity (Wildman–Crippen MR) is 69.7 cm³/mol. The minimum Gasteiger partial charge on any atom is -0.349 e. The summed E-state index contributed by atoms with van der Waals surface area (Å²) in [5.41, 5.74) is 0.0763. The summed E-state index contributed by atoms with van der Waals surface area (Å²) in [5, 5.41) is 3.17. The van der Waals surface area contributed by atoms with Crippen molar-refractivity contribution in [1.82, 2.24) is 15.3 Å². The second-order valence-corrected chi connectivity index (χ2v) is 4.38. The Bertz CT molecular complexity index is 491. The third-order valence-electron chi connectivity index (χ3n) is 2.94. The molecular formula is C14H17F2N3. The normalized spacial score (nSPS) is 12.6. The van der Waals surface area contributed by atoms with Crippen LogP contribution < -0.4 is 5.32 Å². The molecule has 0 aliphatic rings. The molecule has 0 saturated heterocycles. The molecular weight excluding hydrogens is 248 g/mol. The van der Waals surface area contributed by atoms with Crippen LogP contribution in [0.25, 0.3) is 0 Å². The molecule has 3 nitrogen and oxygen atoms in total. The Balaban J connectivity index is 2.26. The molecule has 0 spiro atoms. The highest BCUT2D eigenvalue weighted by Crippen LogP contribution is 2.23. The molecule has 1 heterocycles. The first kappa shape index (κ1) is 13.7. The van der Waals surface area contributed by atoms with Gasteiger partial charge in [0.05, 0.1) is 0 Å². The minimum atomic E-state index is -0.528. The van der Waals surface area contributed by atoms with Gasteiger partial charge in [-0.2, -0.15) is 0 Å². The summed E-state index contributed by atoms with van der Waals surface area (Å²) in [4.78, 5) is 7.07. The molecule has 1 aromatic heterocycles. The number of H-pyrrole nitrogens is 1. The summed E-state index contributed by atoms with van der Waals surface area (Å²) in [5.74, 6) is -0.350. The lowest BCUT2D eigenvalue weighted by molar-refractivity contribution is 0.459. The highest BCUT2D eigenvalue weighted by atomic mass is 19.1. The number of benzene rings is 1. The highest BCUT2D eigenvalue weighted by molar-refractivity contribution is 5.24. The maximum absolute atomic E-state index is 13.8. The smallest absolute Gasteiger partial charge is 0.130 e. The zero-order valence-corrected chi connectivity index (χ0v) is 10.8. The topological polar surface area (TPSA) is 40.7 Å². The fraction of sp³-hybridized carbons (Fsp3) is 0.357. The van der Waals surface area contributed by atoms with E-state index in [1.165, 1.54) is 18.2 Å². The van der Waals surface area contributed by atoms with Crippen LogP contribution in [0.4, 0.5) is 8.78 Å². The molecule has 2 rings (SSSR count). The van der Waals surface area contributed by atoms with Gasteiger partial charge in [-0.15, -0.1) is 0 Å². The van der Waals surface area contributed by atoms with Gasteiger partial charge in [0.25, 0.3) is 0 Å². The molecule has 1 unspecified atom stereocenters. The first-order chi connectivity index (χ1) is 9.22. The van der Waals surface area contributed by atoms with Crippen molar-refractivity contribution in [3.05, 3.63) is 53.6 Å². The van der Waals surface area contributed by atoms with Crippen LogP contribution in [0.3, 0.4) is 0 Å². The molecule has 2 N–H and O–H groups in total. The molecule has 0 aliphatic carbocycles. The van der Waals surface area contributed by atoms with Crippen LogP contribution in [0, 0.1) is 11.6 Å². The second-order valence-electron chi connectivity index (χ2n) is 4.38. The third kappa shape index (κ3) is 3.38. The molecule has 0 aliphatic heterocycles. The van der Waals surface area contributed by atoms with Gasteiger partial charge in [-0.05, 0) is 25.1 Å². The van der Waals surface area contributed by atoms with Gasteiger partial charge in [-0.25, -0.2) is 13.8 Å². The number of halogens is 2. The summed E-state index contributed by atoms with van der Waals surface area (Å²) < 4.78 is 27.7. The Hall–Kier alpha value is -1.75. The quantitative estimate of drug-likeness (QED) is 0.843. The molecule has 0 bridgehead atoms. The number of aromatic nitrogens is 2. The molecule has 19 heavy (non-hydrogen) atoms. The van der Waals surface area contributed by atoms with E-state index in [9.17, 15) is 8.78 Å². The van der Waals surface area contributed by atoms with Crippen LogP contribution in [0.15, 0.2) is 30.6 Å². The fourth-order valence-corrected chi connectivity index (χ4v) is 2.04. The van der Waals surface area contributed by atoms with Gasteiger partial charge in [0.2, 0.25) is 0 Å². The van der Waals surface area contributed by atoms with Gasteiger partial charge < -0.3 is 10.3 Å². The molecule has 0 fully saturated rings. The van der Waals surface area contributed by atoms with Crippen molar-refractivity contribution >= 4 is 0 Å². The van der Waals surface area contributed by atoms with Gasteiger partial charge in [-0.1, -0.05) is 13.0 Å². The SMILES string of the molecule is CCCNC(Cc1ncc[nH]1)c1c(F)cccc1F. The lowest BCUT2D eigenvalue weighted by atomic mass is 10.0. The van der Waals surface area contributed by atoms with Crippen molar-refractivity contribution < 1.29 is 8.78 Å². The number of hydrogen-bond donors (Lipinski definition) is 2. The summed E-state index contributed by atoms with van der Waals surface area (Å²) in [6, 6.07) is 3.51. The Kier molecular flexibility index (Phi) is 4.63. The Morgan fingerprint density at radius 3 is 2.63 bits per heavy atom. The number of hydrogen-bond acceptors (Lipinski definition) is 2. The second kappa shape index (κ2) is 6.43.